The lowest BCUT2D eigenvalue weighted by Crippen LogP contribution is -2.14. The molecule has 0 amide bonds. The molecule has 0 unspecified atom stereocenters. The molecule has 2 aromatic rings. The normalized spacial score (nSPS) is 11.5. The molecular weight excluding hydrogens is 373 g/mol. The summed E-state index contributed by atoms with van der Waals surface area (Å²) in [5.41, 5.74) is -1.27. The molecule has 0 aliphatic rings. The highest BCUT2D eigenvalue weighted by molar-refractivity contribution is 9.18. The van der Waals surface area contributed by atoms with Gasteiger partial charge in [-0.05, 0) is 34.8 Å². The average Bonchev–Trinajstić information content (AvgIpc) is 2.80. The van der Waals surface area contributed by atoms with E-state index in [-0.39, 0.29) is 17.0 Å². The molecule has 0 bridgehead atoms. The van der Waals surface area contributed by atoms with Gasteiger partial charge in [0.05, 0.1) is 5.56 Å². The van der Waals surface area contributed by atoms with Crippen molar-refractivity contribution >= 4 is 33.4 Å². The molecular formula is C12H8BrF3N2O2S. The molecule has 0 radical (unpaired) electrons. The minimum Gasteiger partial charge on any atom is -0.472 e. The van der Waals surface area contributed by atoms with Crippen molar-refractivity contribution in [3.63, 3.8) is 0 Å². The zero-order valence-corrected chi connectivity index (χ0v) is 12.7. The summed E-state index contributed by atoms with van der Waals surface area (Å²) in [6.45, 7) is -0.437. The van der Waals surface area contributed by atoms with Crippen LogP contribution in [-0.2, 0) is 12.8 Å². The molecule has 0 fully saturated rings. The molecule has 9 heteroatoms. The van der Waals surface area contributed by atoms with Gasteiger partial charge in [0.25, 0.3) is 0 Å². The molecule has 1 aromatic heterocycles. The molecule has 0 saturated heterocycles. The maximum Gasteiger partial charge on any atom is 0.416 e. The predicted molar refractivity (Wildman–Crippen MR) is 75.6 cm³/mol. The van der Waals surface area contributed by atoms with Gasteiger partial charge in [-0.2, -0.15) is 13.2 Å². The number of benzene rings is 1. The van der Waals surface area contributed by atoms with E-state index in [1.165, 1.54) is 24.4 Å². The summed E-state index contributed by atoms with van der Waals surface area (Å²) < 4.78 is 44.7. The number of aromatic nitrogens is 2. The molecule has 4 nitrogen and oxygen atoms in total. The first-order valence-corrected chi connectivity index (χ1v) is 6.75. The van der Waals surface area contributed by atoms with Crippen LogP contribution < -0.4 is 4.74 Å². The lowest BCUT2D eigenvalue weighted by Gasteiger charge is -2.15. The summed E-state index contributed by atoms with van der Waals surface area (Å²) in [5.74, 6) is 0.106. The van der Waals surface area contributed by atoms with Gasteiger partial charge in [0.15, 0.2) is 0 Å². The zero-order chi connectivity index (χ0) is 15.6. The summed E-state index contributed by atoms with van der Waals surface area (Å²) in [6, 6.07) is 4.81. The lowest BCUT2D eigenvalue weighted by atomic mass is 10.0. The van der Waals surface area contributed by atoms with Gasteiger partial charge in [-0.1, -0.05) is 12.1 Å². The Kier molecular flexibility index (Phi) is 4.62. The van der Waals surface area contributed by atoms with E-state index in [0.717, 1.165) is 10.2 Å². The summed E-state index contributed by atoms with van der Waals surface area (Å²) >= 11 is 6.56. The van der Waals surface area contributed by atoms with Crippen LogP contribution in [0.3, 0.4) is 0 Å². The number of ether oxygens (including phenoxy) is 1. The van der Waals surface area contributed by atoms with Crippen LogP contribution in [-0.4, -0.2) is 13.9 Å². The Morgan fingerprint density at radius 1 is 1.38 bits per heavy atom. The van der Waals surface area contributed by atoms with Crippen molar-refractivity contribution in [1.82, 2.24) is 9.19 Å². The van der Waals surface area contributed by atoms with Crippen LogP contribution in [0, 0.1) is 0 Å². The predicted octanol–water partition coefficient (Wildman–Crippen LogP) is 3.71. The van der Waals surface area contributed by atoms with Gasteiger partial charge in [0.1, 0.15) is 6.61 Å². The number of nitrogens with zero attached hydrogens (tertiary/aromatic N) is 2. The molecule has 2 rings (SSSR count). The highest BCUT2D eigenvalue weighted by Gasteiger charge is 2.35. The molecule has 0 aliphatic heterocycles. The smallest absolute Gasteiger partial charge is 0.416 e. The van der Waals surface area contributed by atoms with Crippen molar-refractivity contribution in [2.24, 2.45) is 0 Å². The van der Waals surface area contributed by atoms with E-state index in [4.69, 9.17) is 4.74 Å². The van der Waals surface area contributed by atoms with Gasteiger partial charge in [0, 0.05) is 23.4 Å². The van der Waals surface area contributed by atoms with Crippen LogP contribution in [0.1, 0.15) is 21.5 Å². The van der Waals surface area contributed by atoms with Crippen molar-refractivity contribution in [3.05, 3.63) is 47.2 Å². The van der Waals surface area contributed by atoms with Crippen LogP contribution in [0.5, 0.6) is 5.88 Å². The number of rotatable bonds is 4. The first-order chi connectivity index (χ1) is 9.79. The Labute approximate surface area is 131 Å². The Hall–Kier alpha value is -1.48. The molecule has 0 aliphatic carbocycles. The Morgan fingerprint density at radius 2 is 2.10 bits per heavy atom. The minimum absolute atomic E-state index is 0.102. The molecule has 0 atom stereocenters. The van der Waals surface area contributed by atoms with Gasteiger partial charge in [-0.25, -0.2) is 4.09 Å². The van der Waals surface area contributed by atoms with E-state index >= 15 is 0 Å². The average molecular weight is 381 g/mol. The third kappa shape index (κ3) is 3.79. The van der Waals surface area contributed by atoms with E-state index in [9.17, 15) is 18.0 Å². The topological polar surface area (TPSA) is 44.1 Å². The number of carbonyl (C=O) groups excluding carboxylic acids is 1. The maximum atomic E-state index is 13.0. The van der Waals surface area contributed by atoms with Crippen LogP contribution in [0.15, 0.2) is 30.5 Å². The standard InChI is InChI=1S/C12H8BrF3N2O2S/c13-11(19)7-2-1-3-9(12(14,15)16)8(7)6-20-10-4-5-18(21)17-10/h1-5,21H,6H2. The van der Waals surface area contributed by atoms with E-state index in [2.05, 4.69) is 33.8 Å². The fourth-order valence-electron chi connectivity index (χ4n) is 1.71. The highest BCUT2D eigenvalue weighted by atomic mass is 79.9. The summed E-state index contributed by atoms with van der Waals surface area (Å²) in [5, 5.41) is 3.77. The molecule has 0 N–H and O–H groups in total. The first kappa shape index (κ1) is 15.9. The fourth-order valence-corrected chi connectivity index (χ4v) is 2.24. The summed E-state index contributed by atoms with van der Waals surface area (Å²) in [7, 11) is 0. The maximum absolute atomic E-state index is 13.0. The van der Waals surface area contributed by atoms with Gasteiger partial charge >= 0.3 is 6.18 Å². The number of hydrogen-bond donors (Lipinski definition) is 1. The quantitative estimate of drug-likeness (QED) is 0.649. The first-order valence-electron chi connectivity index (χ1n) is 5.55. The zero-order valence-electron chi connectivity index (χ0n) is 10.3. The number of hydrogen-bond acceptors (Lipinski definition) is 4. The second-order valence-electron chi connectivity index (χ2n) is 3.97. The van der Waals surface area contributed by atoms with Gasteiger partial charge in [-0.3, -0.25) is 4.79 Å². The van der Waals surface area contributed by atoms with E-state index in [1.54, 1.807) is 0 Å². The third-order valence-corrected chi connectivity index (χ3v) is 3.26. The molecule has 21 heavy (non-hydrogen) atoms. The van der Waals surface area contributed by atoms with Crippen molar-refractivity contribution in [1.29, 1.82) is 0 Å². The molecule has 1 aromatic carbocycles. The van der Waals surface area contributed by atoms with Crippen molar-refractivity contribution in [2.75, 3.05) is 0 Å². The van der Waals surface area contributed by atoms with Crippen LogP contribution in [0.25, 0.3) is 0 Å². The Morgan fingerprint density at radius 3 is 2.62 bits per heavy atom. The molecule has 112 valence electrons. The summed E-state index contributed by atoms with van der Waals surface area (Å²) in [4.78, 5) is 11.4. The molecule has 0 saturated carbocycles. The monoisotopic (exact) mass is 380 g/mol. The van der Waals surface area contributed by atoms with E-state index in [1.807, 2.05) is 0 Å². The van der Waals surface area contributed by atoms with Crippen molar-refractivity contribution < 1.29 is 22.7 Å². The van der Waals surface area contributed by atoms with Crippen molar-refractivity contribution in [3.8, 4) is 5.88 Å². The number of thiol groups is 1. The highest BCUT2D eigenvalue weighted by Crippen LogP contribution is 2.34. The Balaban J connectivity index is 2.37. The Bertz CT molecular complexity index is 673. The number of carbonyl (C=O) groups is 1. The van der Waals surface area contributed by atoms with Gasteiger partial charge in [-0.15, -0.1) is 5.10 Å². The van der Waals surface area contributed by atoms with Gasteiger partial charge < -0.3 is 4.74 Å². The molecule has 0 spiro atoms. The SMILES string of the molecule is O=C(Br)c1cccc(C(F)(F)F)c1COc1ccn(S)n1. The largest absolute Gasteiger partial charge is 0.472 e. The van der Waals surface area contributed by atoms with E-state index < -0.39 is 23.0 Å². The van der Waals surface area contributed by atoms with Crippen LogP contribution >= 0.6 is 28.7 Å². The fraction of sp³-hybridized carbons (Fsp3) is 0.167. The summed E-state index contributed by atoms with van der Waals surface area (Å²) in [6.07, 6.45) is -3.12. The second-order valence-corrected chi connectivity index (χ2v) is 5.10. The second kappa shape index (κ2) is 6.10. The molecule has 1 heterocycles. The minimum atomic E-state index is -4.58. The van der Waals surface area contributed by atoms with Crippen LogP contribution in [0.2, 0.25) is 0 Å². The third-order valence-electron chi connectivity index (χ3n) is 2.61. The van der Waals surface area contributed by atoms with E-state index in [0.29, 0.717) is 0 Å². The number of halogens is 4. The van der Waals surface area contributed by atoms with Crippen molar-refractivity contribution in [2.45, 2.75) is 12.8 Å². The van der Waals surface area contributed by atoms with Gasteiger partial charge in [0.2, 0.25) is 10.6 Å². The van der Waals surface area contributed by atoms with Crippen LogP contribution in [0.4, 0.5) is 13.2 Å². The lowest BCUT2D eigenvalue weighted by molar-refractivity contribution is -0.138. The number of alkyl halides is 3.